The Bertz CT molecular complexity index is 1230. The van der Waals surface area contributed by atoms with Crippen LogP contribution in [0.15, 0.2) is 35.4 Å². The van der Waals surface area contributed by atoms with Gasteiger partial charge in [-0.3, -0.25) is 14.4 Å². The van der Waals surface area contributed by atoms with E-state index in [1.165, 1.54) is 20.3 Å². The Balaban J connectivity index is 1.34. The molecule has 2 aliphatic heterocycles. The minimum Gasteiger partial charge on any atom is -0.481 e. The van der Waals surface area contributed by atoms with Crippen LogP contribution in [0.1, 0.15) is 42.0 Å². The highest BCUT2D eigenvalue weighted by atomic mass is 35.5. The molecule has 3 heterocycles. The summed E-state index contributed by atoms with van der Waals surface area (Å²) in [5.41, 5.74) is 2.55. The van der Waals surface area contributed by atoms with E-state index >= 15 is 0 Å². The van der Waals surface area contributed by atoms with Gasteiger partial charge in [-0.2, -0.15) is 0 Å². The molecule has 11 heteroatoms. The van der Waals surface area contributed by atoms with Crippen molar-refractivity contribution in [3.05, 3.63) is 57.2 Å². The quantitative estimate of drug-likeness (QED) is 0.358. The monoisotopic (exact) mass is 577 g/mol. The number of ether oxygens (including phenoxy) is 2. The topological polar surface area (TPSA) is 97.8 Å². The third-order valence-electron chi connectivity index (χ3n) is 6.75. The second-order valence-corrected chi connectivity index (χ2v) is 10.9. The Hall–Kier alpha value is -2.75. The summed E-state index contributed by atoms with van der Waals surface area (Å²) < 4.78 is 9.89. The zero-order chi connectivity index (χ0) is 27.2. The second kappa shape index (κ2) is 12.9. The fourth-order valence-corrected chi connectivity index (χ4v) is 6.31. The van der Waals surface area contributed by atoms with Crippen molar-refractivity contribution in [3.63, 3.8) is 0 Å². The number of benzene rings is 1. The smallest absolute Gasteiger partial charge is 0.307 e. The molecule has 0 bridgehead atoms. The molecule has 202 valence electrons. The number of amides is 2. The number of aryl methyl sites for hydroxylation is 1. The molecule has 0 radical (unpaired) electrons. The van der Waals surface area contributed by atoms with E-state index in [1.807, 2.05) is 6.07 Å². The lowest BCUT2D eigenvalue weighted by atomic mass is 9.94. The summed E-state index contributed by atoms with van der Waals surface area (Å²) in [6.45, 7) is 0.894. The molecule has 0 spiro atoms. The number of hydrogen-bond acceptors (Lipinski definition) is 7. The van der Waals surface area contributed by atoms with Gasteiger partial charge in [-0.15, -0.1) is 11.8 Å². The van der Waals surface area contributed by atoms with Crippen molar-refractivity contribution in [2.75, 3.05) is 33.1 Å². The third-order valence-corrected chi connectivity index (χ3v) is 8.91. The molecule has 1 atom stereocenters. The molecule has 0 aliphatic carbocycles. The number of aromatic nitrogens is 1. The summed E-state index contributed by atoms with van der Waals surface area (Å²) >= 11 is 14.6. The number of esters is 1. The third kappa shape index (κ3) is 6.62. The Morgan fingerprint density at radius 1 is 1.21 bits per heavy atom. The van der Waals surface area contributed by atoms with Crippen molar-refractivity contribution < 1.29 is 23.9 Å². The van der Waals surface area contributed by atoms with Gasteiger partial charge in [0.2, 0.25) is 17.7 Å². The summed E-state index contributed by atoms with van der Waals surface area (Å²) in [7, 11) is 2.82. The van der Waals surface area contributed by atoms with Gasteiger partial charge in [0.25, 0.3) is 0 Å². The van der Waals surface area contributed by atoms with Crippen molar-refractivity contribution in [2.45, 2.75) is 36.6 Å². The first-order valence-electron chi connectivity index (χ1n) is 12.3. The maximum absolute atomic E-state index is 13.1. The number of rotatable bonds is 8. The van der Waals surface area contributed by atoms with E-state index in [2.05, 4.69) is 10.3 Å². The standard InChI is InChI=1S/C27H29Cl2N3O5S/c1-36-21-5-3-19(15-30-21)20(14-23(34)37-2)31-27(35)16-7-10-32(11-8-16)22(33)6-4-17-13-18-9-12-38-26(18)25(29)24(17)28/h3-6,13,15-16,20H,7-12,14H2,1-2H3,(H,31,35)/b6-4+/t20-/m1/s1. The number of thioether (sulfide) groups is 1. The first-order chi connectivity index (χ1) is 18.3. The molecule has 1 aromatic carbocycles. The van der Waals surface area contributed by atoms with Gasteiger partial charge in [0.1, 0.15) is 0 Å². The molecule has 1 saturated heterocycles. The van der Waals surface area contributed by atoms with E-state index in [0.717, 1.165) is 28.2 Å². The lowest BCUT2D eigenvalue weighted by Gasteiger charge is -2.31. The number of methoxy groups -OCH3 is 2. The van der Waals surface area contributed by atoms with Gasteiger partial charge in [0.05, 0.1) is 36.7 Å². The summed E-state index contributed by atoms with van der Waals surface area (Å²) in [6.07, 6.45) is 6.72. The average molecular weight is 579 g/mol. The van der Waals surface area contributed by atoms with Crippen molar-refractivity contribution in [3.8, 4) is 5.88 Å². The van der Waals surface area contributed by atoms with Crippen LogP contribution in [-0.2, 0) is 25.5 Å². The number of nitrogens with zero attached hydrogens (tertiary/aromatic N) is 2. The molecular formula is C27H29Cl2N3O5S. The average Bonchev–Trinajstić information content (AvgIpc) is 3.42. The first kappa shape index (κ1) is 28.3. The molecule has 8 nitrogen and oxygen atoms in total. The number of pyridine rings is 1. The second-order valence-electron chi connectivity index (χ2n) is 9.09. The molecule has 2 aromatic rings. The summed E-state index contributed by atoms with van der Waals surface area (Å²) in [5.74, 6) is 0.372. The molecule has 2 aliphatic rings. The zero-order valence-electron chi connectivity index (χ0n) is 21.2. The molecule has 38 heavy (non-hydrogen) atoms. The van der Waals surface area contributed by atoms with Crippen LogP contribution in [0, 0.1) is 5.92 Å². The van der Waals surface area contributed by atoms with E-state index < -0.39 is 12.0 Å². The molecule has 1 aromatic heterocycles. The van der Waals surface area contributed by atoms with E-state index in [-0.39, 0.29) is 24.2 Å². The Morgan fingerprint density at radius 2 is 1.97 bits per heavy atom. The van der Waals surface area contributed by atoms with Crippen molar-refractivity contribution in [2.24, 2.45) is 5.92 Å². The Morgan fingerprint density at radius 3 is 2.63 bits per heavy atom. The van der Waals surface area contributed by atoms with Crippen LogP contribution in [0.2, 0.25) is 10.0 Å². The lowest BCUT2D eigenvalue weighted by Crippen LogP contribution is -2.43. The lowest BCUT2D eigenvalue weighted by molar-refractivity contribution is -0.141. The number of carbonyl (C=O) groups is 3. The van der Waals surface area contributed by atoms with E-state index in [1.54, 1.807) is 41.1 Å². The molecule has 0 unspecified atom stereocenters. The van der Waals surface area contributed by atoms with E-state index in [4.69, 9.17) is 32.7 Å². The van der Waals surface area contributed by atoms with Crippen LogP contribution in [0.3, 0.4) is 0 Å². The highest BCUT2D eigenvalue weighted by molar-refractivity contribution is 7.99. The predicted octanol–water partition coefficient (Wildman–Crippen LogP) is 4.72. The zero-order valence-corrected chi connectivity index (χ0v) is 23.5. The highest BCUT2D eigenvalue weighted by Gasteiger charge is 2.29. The minimum atomic E-state index is -0.585. The maximum Gasteiger partial charge on any atom is 0.307 e. The van der Waals surface area contributed by atoms with Crippen LogP contribution in [-0.4, -0.2) is 60.7 Å². The number of halogens is 2. The van der Waals surface area contributed by atoms with Gasteiger partial charge in [-0.1, -0.05) is 29.3 Å². The minimum absolute atomic E-state index is 0.0215. The molecular weight excluding hydrogens is 549 g/mol. The van der Waals surface area contributed by atoms with Crippen molar-refractivity contribution >= 4 is 58.8 Å². The van der Waals surface area contributed by atoms with Gasteiger partial charge in [-0.25, -0.2) is 4.98 Å². The molecule has 1 fully saturated rings. The van der Waals surface area contributed by atoms with Gasteiger partial charge in [-0.05, 0) is 48.1 Å². The SMILES string of the molecule is COC(=O)C[C@@H](NC(=O)C1CCN(C(=O)/C=C/c2cc3c(c(Cl)c2Cl)SCC3)CC1)c1ccc(OC)nc1. The fraction of sp³-hybridized carbons (Fsp3) is 0.407. The van der Waals surface area contributed by atoms with E-state index in [0.29, 0.717) is 47.4 Å². The fourth-order valence-electron chi connectivity index (χ4n) is 4.55. The number of nitrogens with one attached hydrogen (secondary N) is 1. The normalized spacial score (nSPS) is 16.3. The van der Waals surface area contributed by atoms with Crippen LogP contribution >= 0.6 is 35.0 Å². The molecule has 4 rings (SSSR count). The highest BCUT2D eigenvalue weighted by Crippen LogP contribution is 2.43. The van der Waals surface area contributed by atoms with Crippen LogP contribution < -0.4 is 10.1 Å². The van der Waals surface area contributed by atoms with E-state index in [9.17, 15) is 14.4 Å². The van der Waals surface area contributed by atoms with Crippen LogP contribution in [0.4, 0.5) is 0 Å². The number of fused-ring (bicyclic) bond motifs is 1. The Labute approximate surface area is 236 Å². The number of carbonyl (C=O) groups excluding carboxylic acids is 3. The largest absolute Gasteiger partial charge is 0.481 e. The molecule has 1 N–H and O–H groups in total. The molecule has 2 amide bonds. The van der Waals surface area contributed by atoms with Crippen molar-refractivity contribution in [1.82, 2.24) is 15.2 Å². The van der Waals surface area contributed by atoms with Crippen molar-refractivity contribution in [1.29, 1.82) is 0 Å². The van der Waals surface area contributed by atoms with Gasteiger partial charge in [0, 0.05) is 48.0 Å². The Kier molecular flexibility index (Phi) is 9.57. The predicted molar refractivity (Wildman–Crippen MR) is 148 cm³/mol. The number of likely N-dealkylation sites (tertiary alicyclic amines) is 1. The number of hydrogen-bond donors (Lipinski definition) is 1. The van der Waals surface area contributed by atoms with Gasteiger partial charge >= 0.3 is 5.97 Å². The van der Waals surface area contributed by atoms with Gasteiger partial charge < -0.3 is 19.7 Å². The first-order valence-corrected chi connectivity index (χ1v) is 14.0. The van der Waals surface area contributed by atoms with Crippen LogP contribution in [0.5, 0.6) is 5.88 Å². The molecule has 0 saturated carbocycles. The summed E-state index contributed by atoms with van der Waals surface area (Å²) in [6, 6.07) is 4.84. The van der Waals surface area contributed by atoms with Gasteiger partial charge in [0.15, 0.2) is 0 Å². The summed E-state index contributed by atoms with van der Waals surface area (Å²) in [5, 5.41) is 3.96. The number of piperidine rings is 1. The summed E-state index contributed by atoms with van der Waals surface area (Å²) in [4.78, 5) is 44.8. The maximum atomic E-state index is 13.1. The van der Waals surface area contributed by atoms with Crippen LogP contribution in [0.25, 0.3) is 6.08 Å².